The zero-order valence-corrected chi connectivity index (χ0v) is 12.5. The zero-order chi connectivity index (χ0) is 15.8. The largest absolute Gasteiger partial charge is 0.458 e. The van der Waals surface area contributed by atoms with Crippen LogP contribution in [0.5, 0.6) is 0 Å². The zero-order valence-electron chi connectivity index (χ0n) is 12.5. The first-order valence-electron chi connectivity index (χ1n) is 7.69. The molecule has 23 heavy (non-hydrogen) atoms. The number of hydrogen-bond donors (Lipinski definition) is 2. The quantitative estimate of drug-likeness (QED) is 0.771. The van der Waals surface area contributed by atoms with Gasteiger partial charge in [0, 0.05) is 24.0 Å². The van der Waals surface area contributed by atoms with Crippen LogP contribution in [0.4, 0.5) is 5.82 Å². The first-order valence-corrected chi connectivity index (χ1v) is 7.69. The van der Waals surface area contributed by atoms with Gasteiger partial charge in [0.25, 0.3) is 5.91 Å². The van der Waals surface area contributed by atoms with Gasteiger partial charge < -0.3 is 15.5 Å². The van der Waals surface area contributed by atoms with E-state index in [1.165, 1.54) is 31.9 Å². The second kappa shape index (κ2) is 5.42. The molecule has 3 aromatic rings. The van der Waals surface area contributed by atoms with E-state index < -0.39 is 5.91 Å². The van der Waals surface area contributed by atoms with E-state index in [1.54, 1.807) is 18.5 Å². The molecule has 1 fully saturated rings. The highest BCUT2D eigenvalue weighted by molar-refractivity contribution is 5.91. The lowest BCUT2D eigenvalue weighted by atomic mass is 10.2. The van der Waals surface area contributed by atoms with Gasteiger partial charge in [0.15, 0.2) is 17.2 Å². The number of primary amides is 1. The fourth-order valence-corrected chi connectivity index (χ4v) is 3.10. The predicted octanol–water partition coefficient (Wildman–Crippen LogP) is 2.44. The van der Waals surface area contributed by atoms with Gasteiger partial charge in [0.1, 0.15) is 6.26 Å². The van der Waals surface area contributed by atoms with Crippen molar-refractivity contribution in [3.63, 3.8) is 0 Å². The van der Waals surface area contributed by atoms with E-state index in [0.29, 0.717) is 6.04 Å². The van der Waals surface area contributed by atoms with E-state index in [4.69, 9.17) is 10.2 Å². The molecule has 1 aliphatic rings. The molecule has 3 aromatic heterocycles. The van der Waals surface area contributed by atoms with E-state index in [1.807, 2.05) is 10.6 Å². The number of nitrogens with zero attached hydrogens (tertiary/aromatic N) is 3. The van der Waals surface area contributed by atoms with Crippen molar-refractivity contribution >= 4 is 17.4 Å². The minimum atomic E-state index is -0.592. The maximum atomic E-state index is 11.2. The molecule has 0 bridgehead atoms. The van der Waals surface area contributed by atoms with Crippen LogP contribution in [0.1, 0.15) is 36.2 Å². The Morgan fingerprint density at radius 1 is 1.35 bits per heavy atom. The van der Waals surface area contributed by atoms with Crippen molar-refractivity contribution in [1.29, 1.82) is 0 Å². The second-order valence-corrected chi connectivity index (χ2v) is 5.80. The number of nitrogens with two attached hydrogens (primary N) is 1. The predicted molar refractivity (Wildman–Crippen MR) is 85.1 cm³/mol. The van der Waals surface area contributed by atoms with Crippen LogP contribution in [0.3, 0.4) is 0 Å². The van der Waals surface area contributed by atoms with Gasteiger partial charge in [0.2, 0.25) is 0 Å². The SMILES string of the molecule is NC(=O)c1cc(-c2cnc(NC3CCCC3)c3nccn23)co1. The highest BCUT2D eigenvalue weighted by atomic mass is 16.3. The number of amides is 1. The molecule has 1 amide bonds. The fourth-order valence-electron chi connectivity index (χ4n) is 3.10. The Hall–Kier alpha value is -2.83. The summed E-state index contributed by atoms with van der Waals surface area (Å²) in [5.41, 5.74) is 7.53. The summed E-state index contributed by atoms with van der Waals surface area (Å²) in [5, 5.41) is 3.48. The summed E-state index contributed by atoms with van der Waals surface area (Å²) in [5.74, 6) is 0.316. The minimum Gasteiger partial charge on any atom is -0.458 e. The molecule has 4 rings (SSSR count). The van der Waals surface area contributed by atoms with Crippen LogP contribution < -0.4 is 11.1 Å². The summed E-state index contributed by atoms with van der Waals surface area (Å²) in [4.78, 5) is 20.1. The number of carbonyl (C=O) groups excluding carboxylic acids is 1. The van der Waals surface area contributed by atoms with Gasteiger partial charge in [-0.05, 0) is 18.9 Å². The van der Waals surface area contributed by atoms with E-state index in [9.17, 15) is 4.79 Å². The molecule has 0 aliphatic heterocycles. The van der Waals surface area contributed by atoms with Crippen molar-refractivity contribution in [2.24, 2.45) is 5.73 Å². The summed E-state index contributed by atoms with van der Waals surface area (Å²) >= 11 is 0. The molecule has 3 N–H and O–H groups in total. The third-order valence-corrected chi connectivity index (χ3v) is 4.26. The van der Waals surface area contributed by atoms with Crippen LogP contribution in [-0.2, 0) is 0 Å². The maximum Gasteiger partial charge on any atom is 0.284 e. The van der Waals surface area contributed by atoms with Crippen molar-refractivity contribution in [1.82, 2.24) is 14.4 Å². The molecular formula is C16H17N5O2. The van der Waals surface area contributed by atoms with E-state index in [-0.39, 0.29) is 5.76 Å². The van der Waals surface area contributed by atoms with Crippen LogP contribution in [0.25, 0.3) is 16.9 Å². The molecule has 3 heterocycles. The van der Waals surface area contributed by atoms with Crippen molar-refractivity contribution < 1.29 is 9.21 Å². The van der Waals surface area contributed by atoms with Gasteiger partial charge in [-0.2, -0.15) is 0 Å². The number of imidazole rings is 1. The lowest BCUT2D eigenvalue weighted by molar-refractivity contribution is 0.0974. The Morgan fingerprint density at radius 3 is 2.91 bits per heavy atom. The molecule has 0 aromatic carbocycles. The van der Waals surface area contributed by atoms with E-state index >= 15 is 0 Å². The van der Waals surface area contributed by atoms with Gasteiger partial charge in [-0.25, -0.2) is 9.97 Å². The molecule has 0 saturated heterocycles. The summed E-state index contributed by atoms with van der Waals surface area (Å²) in [7, 11) is 0. The number of hydrogen-bond acceptors (Lipinski definition) is 5. The number of carbonyl (C=O) groups is 1. The van der Waals surface area contributed by atoms with Crippen molar-refractivity contribution in [2.45, 2.75) is 31.7 Å². The van der Waals surface area contributed by atoms with Crippen molar-refractivity contribution in [3.8, 4) is 11.3 Å². The van der Waals surface area contributed by atoms with Gasteiger partial charge in [-0.15, -0.1) is 0 Å². The fraction of sp³-hybridized carbons (Fsp3) is 0.312. The molecular weight excluding hydrogens is 294 g/mol. The molecule has 0 atom stereocenters. The normalized spacial score (nSPS) is 15.3. The van der Waals surface area contributed by atoms with Crippen molar-refractivity contribution in [2.75, 3.05) is 5.32 Å². The third kappa shape index (κ3) is 2.44. The molecule has 0 radical (unpaired) electrons. The monoisotopic (exact) mass is 311 g/mol. The summed E-state index contributed by atoms with van der Waals surface area (Å²) < 4.78 is 7.12. The first kappa shape index (κ1) is 13.8. The molecule has 1 aliphatic carbocycles. The second-order valence-electron chi connectivity index (χ2n) is 5.80. The van der Waals surface area contributed by atoms with Gasteiger partial charge in [-0.1, -0.05) is 12.8 Å². The highest BCUT2D eigenvalue weighted by Crippen LogP contribution is 2.27. The van der Waals surface area contributed by atoms with Crippen LogP contribution in [0.2, 0.25) is 0 Å². The highest BCUT2D eigenvalue weighted by Gasteiger charge is 2.18. The van der Waals surface area contributed by atoms with Gasteiger partial charge in [-0.3, -0.25) is 9.20 Å². The standard InChI is InChI=1S/C16H17N5O2/c17-14(22)13-7-10(9-23-13)12-8-19-15(16-18-5-6-21(12)16)20-11-3-1-2-4-11/h5-9,11H,1-4H2,(H2,17,22)(H,19,20). The average Bonchev–Trinajstić information content (AvgIpc) is 3.29. The Kier molecular flexibility index (Phi) is 3.25. The van der Waals surface area contributed by atoms with Crippen molar-refractivity contribution in [3.05, 3.63) is 36.7 Å². The topological polar surface area (TPSA) is 98.5 Å². The van der Waals surface area contributed by atoms with E-state index in [2.05, 4.69) is 15.3 Å². The molecule has 0 spiro atoms. The Balaban J connectivity index is 1.73. The Bertz CT molecular complexity index is 860. The van der Waals surface area contributed by atoms with Gasteiger partial charge in [0.05, 0.1) is 11.9 Å². The van der Waals surface area contributed by atoms with Crippen LogP contribution >= 0.6 is 0 Å². The molecule has 1 saturated carbocycles. The summed E-state index contributed by atoms with van der Waals surface area (Å²) in [6.45, 7) is 0. The summed E-state index contributed by atoms with van der Waals surface area (Å²) in [6, 6.07) is 2.08. The van der Waals surface area contributed by atoms with Crippen LogP contribution in [0, 0.1) is 0 Å². The van der Waals surface area contributed by atoms with Gasteiger partial charge >= 0.3 is 0 Å². The smallest absolute Gasteiger partial charge is 0.284 e. The Labute approximate surface area is 132 Å². The Morgan fingerprint density at radius 2 is 2.17 bits per heavy atom. The third-order valence-electron chi connectivity index (χ3n) is 4.26. The molecule has 118 valence electrons. The van der Waals surface area contributed by atoms with Crippen LogP contribution in [-0.4, -0.2) is 26.3 Å². The lowest BCUT2D eigenvalue weighted by Gasteiger charge is -2.14. The number of nitrogens with one attached hydrogen (secondary N) is 1. The van der Waals surface area contributed by atoms with E-state index in [0.717, 1.165) is 22.7 Å². The number of fused-ring (bicyclic) bond motifs is 1. The number of aromatic nitrogens is 3. The number of anilines is 1. The summed E-state index contributed by atoms with van der Waals surface area (Å²) in [6.07, 6.45) is 11.7. The minimum absolute atomic E-state index is 0.126. The number of furan rings is 1. The first-order chi connectivity index (χ1) is 11.2. The average molecular weight is 311 g/mol. The maximum absolute atomic E-state index is 11.2. The lowest BCUT2D eigenvalue weighted by Crippen LogP contribution is -2.16. The van der Waals surface area contributed by atoms with Crippen LogP contribution in [0.15, 0.2) is 35.3 Å². The molecule has 7 heteroatoms. The number of rotatable bonds is 4. The molecule has 7 nitrogen and oxygen atoms in total. The molecule has 0 unspecified atom stereocenters.